The molecule has 3 rings (SSSR count). The summed E-state index contributed by atoms with van der Waals surface area (Å²) in [6, 6.07) is 16.2. The van der Waals surface area contributed by atoms with Gasteiger partial charge in [0.05, 0.1) is 12.0 Å². The van der Waals surface area contributed by atoms with Crippen LogP contribution in [0, 0.1) is 0 Å². The fourth-order valence-electron chi connectivity index (χ4n) is 3.83. The maximum Gasteiger partial charge on any atom is 0.317 e. The number of nitrogens with zero attached hydrogens (tertiary/aromatic N) is 1. The molecule has 6 nitrogen and oxygen atoms in total. The number of amides is 1. The Morgan fingerprint density at radius 2 is 1.60 bits per heavy atom. The van der Waals surface area contributed by atoms with Crippen LogP contribution in [0.3, 0.4) is 0 Å². The molecular formula is C24H27NO5. The van der Waals surface area contributed by atoms with Crippen LogP contribution in [-0.2, 0) is 19.7 Å². The third-order valence-corrected chi connectivity index (χ3v) is 5.60. The van der Waals surface area contributed by atoms with E-state index >= 15 is 0 Å². The van der Waals surface area contributed by atoms with E-state index < -0.39 is 11.4 Å². The molecule has 1 aliphatic heterocycles. The third-order valence-electron chi connectivity index (χ3n) is 5.60. The van der Waals surface area contributed by atoms with Gasteiger partial charge in [-0.3, -0.25) is 14.4 Å². The van der Waals surface area contributed by atoms with Crippen LogP contribution in [0.2, 0.25) is 0 Å². The van der Waals surface area contributed by atoms with Gasteiger partial charge in [-0.05, 0) is 49.6 Å². The van der Waals surface area contributed by atoms with Crippen molar-refractivity contribution in [3.05, 3.63) is 65.7 Å². The molecule has 0 unspecified atom stereocenters. The smallest absolute Gasteiger partial charge is 0.317 e. The summed E-state index contributed by atoms with van der Waals surface area (Å²) in [4.78, 5) is 39.1. The van der Waals surface area contributed by atoms with Gasteiger partial charge in [0.15, 0.2) is 12.4 Å². The molecule has 30 heavy (non-hydrogen) atoms. The lowest BCUT2D eigenvalue weighted by Gasteiger charge is -2.40. The summed E-state index contributed by atoms with van der Waals surface area (Å²) in [5.41, 5.74) is 0.463. The molecule has 0 N–H and O–H groups in total. The van der Waals surface area contributed by atoms with E-state index in [9.17, 15) is 14.4 Å². The number of likely N-dealkylation sites (tertiary alicyclic amines) is 1. The lowest BCUT2D eigenvalue weighted by atomic mass is 9.72. The Kier molecular flexibility index (Phi) is 6.87. The van der Waals surface area contributed by atoms with E-state index in [4.69, 9.17) is 9.47 Å². The van der Waals surface area contributed by atoms with Gasteiger partial charge in [-0.25, -0.2) is 0 Å². The van der Waals surface area contributed by atoms with Crippen molar-refractivity contribution in [2.24, 2.45) is 0 Å². The van der Waals surface area contributed by atoms with Crippen LogP contribution in [0.4, 0.5) is 0 Å². The lowest BCUT2D eigenvalue weighted by Crippen LogP contribution is -2.49. The van der Waals surface area contributed by atoms with E-state index in [-0.39, 0.29) is 18.3 Å². The van der Waals surface area contributed by atoms with Crippen molar-refractivity contribution in [3.63, 3.8) is 0 Å². The summed E-state index contributed by atoms with van der Waals surface area (Å²) >= 11 is 0. The van der Waals surface area contributed by atoms with E-state index in [1.54, 1.807) is 29.2 Å². The second-order valence-corrected chi connectivity index (χ2v) is 7.41. The average Bonchev–Trinajstić information content (AvgIpc) is 2.78. The van der Waals surface area contributed by atoms with Gasteiger partial charge in [0.25, 0.3) is 0 Å². The Balaban J connectivity index is 1.71. The van der Waals surface area contributed by atoms with Gasteiger partial charge < -0.3 is 14.4 Å². The molecule has 0 radical (unpaired) electrons. The third kappa shape index (κ3) is 4.70. The fraction of sp³-hybridized carbons (Fsp3) is 0.375. The predicted octanol–water partition coefficient (Wildman–Crippen LogP) is 3.39. The highest BCUT2D eigenvalue weighted by Gasteiger charge is 2.44. The first kappa shape index (κ1) is 21.6. The Hall–Kier alpha value is -3.15. The van der Waals surface area contributed by atoms with Gasteiger partial charge in [-0.15, -0.1) is 0 Å². The Labute approximate surface area is 176 Å². The summed E-state index contributed by atoms with van der Waals surface area (Å²) in [5, 5.41) is 0. The van der Waals surface area contributed by atoms with Crippen molar-refractivity contribution in [2.75, 3.05) is 26.3 Å². The van der Waals surface area contributed by atoms with Gasteiger partial charge in [-0.1, -0.05) is 30.3 Å². The number of esters is 1. The molecule has 0 bridgehead atoms. The van der Waals surface area contributed by atoms with Crippen molar-refractivity contribution in [1.29, 1.82) is 0 Å². The van der Waals surface area contributed by atoms with Crippen molar-refractivity contribution in [3.8, 4) is 5.75 Å². The number of ether oxygens (including phenoxy) is 2. The zero-order valence-corrected chi connectivity index (χ0v) is 17.4. The average molecular weight is 409 g/mol. The van der Waals surface area contributed by atoms with E-state index in [0.29, 0.717) is 43.9 Å². The minimum absolute atomic E-state index is 0.00398. The van der Waals surface area contributed by atoms with E-state index in [0.717, 1.165) is 5.56 Å². The second-order valence-electron chi connectivity index (χ2n) is 7.41. The maximum absolute atomic E-state index is 13.2. The summed E-state index contributed by atoms with van der Waals surface area (Å²) in [6.07, 6.45) is 0.930. The molecule has 1 heterocycles. The molecule has 0 saturated carbocycles. The standard InChI is InChI=1S/C24H27NO5/c1-3-29-21-11-9-19(10-12-21)22(27)17-30-23(28)24(20-7-5-4-6-8-20)13-15-25(16-14-24)18(2)26/h4-12H,3,13-17H2,1-2H3. The first-order valence-electron chi connectivity index (χ1n) is 10.2. The first-order chi connectivity index (χ1) is 14.5. The van der Waals surface area contributed by atoms with Gasteiger partial charge in [0, 0.05) is 25.6 Å². The molecule has 2 aromatic rings. The first-order valence-corrected chi connectivity index (χ1v) is 10.2. The molecule has 1 amide bonds. The van der Waals surface area contributed by atoms with E-state index in [2.05, 4.69) is 0 Å². The SMILES string of the molecule is CCOc1ccc(C(=O)COC(=O)C2(c3ccccc3)CCN(C(C)=O)CC2)cc1. The largest absolute Gasteiger partial charge is 0.494 e. The lowest BCUT2D eigenvalue weighted by molar-refractivity contribution is -0.153. The number of ketones is 1. The summed E-state index contributed by atoms with van der Waals surface area (Å²) in [5.74, 6) is -0.00557. The molecule has 0 spiro atoms. The predicted molar refractivity (Wildman–Crippen MR) is 113 cm³/mol. The molecule has 1 fully saturated rings. The Bertz CT molecular complexity index is 884. The molecule has 1 aliphatic rings. The highest BCUT2D eigenvalue weighted by Crippen LogP contribution is 2.37. The zero-order valence-electron chi connectivity index (χ0n) is 17.4. The molecule has 0 atom stereocenters. The molecule has 0 aliphatic carbocycles. The van der Waals surface area contributed by atoms with Crippen LogP contribution < -0.4 is 4.74 Å². The van der Waals surface area contributed by atoms with Crippen LogP contribution in [0.5, 0.6) is 5.75 Å². The van der Waals surface area contributed by atoms with Crippen molar-refractivity contribution in [2.45, 2.75) is 32.1 Å². The monoisotopic (exact) mass is 409 g/mol. The van der Waals surface area contributed by atoms with Crippen molar-refractivity contribution < 1.29 is 23.9 Å². The minimum Gasteiger partial charge on any atom is -0.494 e. The minimum atomic E-state index is -0.855. The van der Waals surface area contributed by atoms with Crippen LogP contribution in [0.1, 0.15) is 42.6 Å². The normalized spacial score (nSPS) is 15.3. The number of carbonyl (C=O) groups is 3. The Morgan fingerprint density at radius 1 is 0.967 bits per heavy atom. The maximum atomic E-state index is 13.2. The topological polar surface area (TPSA) is 72.9 Å². The molecule has 1 saturated heterocycles. The summed E-state index contributed by atoms with van der Waals surface area (Å²) in [6.45, 7) is 4.61. The van der Waals surface area contributed by atoms with Crippen LogP contribution >= 0.6 is 0 Å². The summed E-state index contributed by atoms with van der Waals surface area (Å²) < 4.78 is 10.9. The zero-order chi connectivity index (χ0) is 21.6. The molecule has 6 heteroatoms. The van der Waals surface area contributed by atoms with Crippen LogP contribution in [0.15, 0.2) is 54.6 Å². The highest BCUT2D eigenvalue weighted by atomic mass is 16.5. The van der Waals surface area contributed by atoms with Gasteiger partial charge in [-0.2, -0.15) is 0 Å². The second kappa shape index (κ2) is 9.57. The number of rotatable bonds is 7. The molecular weight excluding hydrogens is 382 g/mol. The highest BCUT2D eigenvalue weighted by molar-refractivity contribution is 5.98. The summed E-state index contributed by atoms with van der Waals surface area (Å²) in [7, 11) is 0. The molecule has 2 aromatic carbocycles. The number of carbonyl (C=O) groups excluding carboxylic acids is 3. The van der Waals surface area contributed by atoms with E-state index in [1.807, 2.05) is 37.3 Å². The quantitative estimate of drug-likeness (QED) is 0.518. The van der Waals surface area contributed by atoms with Crippen LogP contribution in [-0.4, -0.2) is 48.9 Å². The molecule has 0 aromatic heterocycles. The van der Waals surface area contributed by atoms with Crippen molar-refractivity contribution >= 4 is 17.7 Å². The number of hydrogen-bond donors (Lipinski definition) is 0. The van der Waals surface area contributed by atoms with Gasteiger partial charge in [0.2, 0.25) is 5.91 Å². The number of piperidine rings is 1. The van der Waals surface area contributed by atoms with Gasteiger partial charge >= 0.3 is 5.97 Å². The number of hydrogen-bond acceptors (Lipinski definition) is 5. The number of benzene rings is 2. The fourth-order valence-corrected chi connectivity index (χ4v) is 3.83. The van der Waals surface area contributed by atoms with Crippen molar-refractivity contribution in [1.82, 2.24) is 4.90 Å². The van der Waals surface area contributed by atoms with Gasteiger partial charge in [0.1, 0.15) is 5.75 Å². The Morgan fingerprint density at radius 3 is 2.17 bits per heavy atom. The molecule has 158 valence electrons. The van der Waals surface area contributed by atoms with Crippen LogP contribution in [0.25, 0.3) is 0 Å². The number of Topliss-reactive ketones (excluding diaryl/α,β-unsaturated/α-hetero) is 1. The van der Waals surface area contributed by atoms with E-state index in [1.165, 1.54) is 6.92 Å².